The van der Waals surface area contributed by atoms with Crippen LogP contribution in [0, 0.1) is 0 Å². The van der Waals surface area contributed by atoms with Gasteiger partial charge in [-0.15, -0.1) is 11.8 Å². The highest BCUT2D eigenvalue weighted by Crippen LogP contribution is 2.19. The van der Waals surface area contributed by atoms with E-state index < -0.39 is 10.0 Å². The van der Waals surface area contributed by atoms with Crippen LogP contribution in [-0.4, -0.2) is 27.2 Å². The van der Waals surface area contributed by atoms with E-state index in [1.54, 1.807) is 17.8 Å². The molecule has 0 saturated heterocycles. The fraction of sp³-hybridized carbons (Fsp3) is 0.136. The van der Waals surface area contributed by atoms with Crippen LogP contribution in [-0.2, 0) is 21.4 Å². The van der Waals surface area contributed by atoms with Crippen molar-refractivity contribution in [3.63, 3.8) is 0 Å². The molecule has 3 rings (SSSR count). The summed E-state index contributed by atoms with van der Waals surface area (Å²) in [6.07, 6.45) is 1.96. The molecule has 6 nitrogen and oxygen atoms in total. The van der Waals surface area contributed by atoms with Crippen LogP contribution in [0.15, 0.2) is 88.7 Å². The standard InChI is InChI=1S/C22H22N2O4S2/c1-29-20-9-5-8-18(14-20)24-22(25)16-28-19-10-12-21(13-11-19)30(26,27)23-15-17-6-3-2-4-7-17/h2-14,23H,15-16H2,1H3,(H,24,25). The van der Waals surface area contributed by atoms with Crippen molar-refractivity contribution in [2.45, 2.75) is 16.3 Å². The van der Waals surface area contributed by atoms with Crippen molar-refractivity contribution in [3.05, 3.63) is 84.4 Å². The molecule has 0 aliphatic rings. The van der Waals surface area contributed by atoms with Crippen LogP contribution in [0.3, 0.4) is 0 Å². The molecule has 2 N–H and O–H groups in total. The molecule has 0 fully saturated rings. The normalized spacial score (nSPS) is 11.1. The van der Waals surface area contributed by atoms with Crippen molar-refractivity contribution in [3.8, 4) is 5.75 Å². The number of ether oxygens (including phenoxy) is 1. The van der Waals surface area contributed by atoms with Gasteiger partial charge in [0.05, 0.1) is 4.90 Å². The SMILES string of the molecule is CSc1cccc(NC(=O)COc2ccc(S(=O)(=O)NCc3ccccc3)cc2)c1. The van der Waals surface area contributed by atoms with E-state index in [4.69, 9.17) is 4.74 Å². The number of hydrogen-bond donors (Lipinski definition) is 2. The maximum absolute atomic E-state index is 12.4. The van der Waals surface area contributed by atoms with Crippen LogP contribution >= 0.6 is 11.8 Å². The summed E-state index contributed by atoms with van der Waals surface area (Å²) in [6, 6.07) is 22.7. The van der Waals surface area contributed by atoms with Crippen molar-refractivity contribution in [2.75, 3.05) is 18.2 Å². The highest BCUT2D eigenvalue weighted by Gasteiger charge is 2.14. The summed E-state index contributed by atoms with van der Waals surface area (Å²) in [5.41, 5.74) is 1.57. The molecule has 3 aromatic carbocycles. The van der Waals surface area contributed by atoms with Gasteiger partial charge in [0.1, 0.15) is 5.75 Å². The van der Waals surface area contributed by atoms with Gasteiger partial charge in [0.15, 0.2) is 6.61 Å². The Bertz CT molecular complexity index is 1090. The number of sulfonamides is 1. The van der Waals surface area contributed by atoms with Gasteiger partial charge in [0.2, 0.25) is 10.0 Å². The molecule has 3 aromatic rings. The van der Waals surface area contributed by atoms with Gasteiger partial charge in [0, 0.05) is 17.1 Å². The molecule has 1 amide bonds. The summed E-state index contributed by atoms with van der Waals surface area (Å²) in [6.45, 7) is 0.0290. The Balaban J connectivity index is 1.52. The molecule has 0 radical (unpaired) electrons. The zero-order valence-electron chi connectivity index (χ0n) is 16.4. The monoisotopic (exact) mass is 442 g/mol. The molecule has 0 spiro atoms. The largest absolute Gasteiger partial charge is 0.484 e. The minimum absolute atomic E-state index is 0.129. The van der Waals surface area contributed by atoms with Crippen LogP contribution in [0.5, 0.6) is 5.75 Å². The van der Waals surface area contributed by atoms with Crippen molar-refractivity contribution >= 4 is 33.4 Å². The molecule has 8 heteroatoms. The lowest BCUT2D eigenvalue weighted by Crippen LogP contribution is -2.23. The number of thioether (sulfide) groups is 1. The molecule has 0 aromatic heterocycles. The maximum Gasteiger partial charge on any atom is 0.262 e. The Morgan fingerprint density at radius 1 is 0.967 bits per heavy atom. The predicted molar refractivity (Wildman–Crippen MR) is 119 cm³/mol. The summed E-state index contributed by atoms with van der Waals surface area (Å²) >= 11 is 1.59. The van der Waals surface area contributed by atoms with Gasteiger partial charge in [-0.25, -0.2) is 13.1 Å². The number of benzene rings is 3. The molecular formula is C22H22N2O4S2. The maximum atomic E-state index is 12.4. The highest BCUT2D eigenvalue weighted by molar-refractivity contribution is 7.98. The molecule has 0 aliphatic carbocycles. The summed E-state index contributed by atoms with van der Waals surface area (Å²) in [5.74, 6) is 0.111. The third kappa shape index (κ3) is 6.35. The first-order chi connectivity index (χ1) is 14.5. The Kier molecular flexibility index (Phi) is 7.51. The molecule has 0 heterocycles. The Morgan fingerprint density at radius 2 is 1.70 bits per heavy atom. The molecule has 0 bridgehead atoms. The Morgan fingerprint density at radius 3 is 2.40 bits per heavy atom. The number of nitrogens with one attached hydrogen (secondary N) is 2. The average molecular weight is 443 g/mol. The topological polar surface area (TPSA) is 84.5 Å². The fourth-order valence-corrected chi connectivity index (χ4v) is 4.10. The van der Waals surface area contributed by atoms with E-state index in [1.165, 1.54) is 24.3 Å². The van der Waals surface area contributed by atoms with E-state index in [0.29, 0.717) is 11.4 Å². The molecule has 0 atom stereocenters. The number of hydrogen-bond acceptors (Lipinski definition) is 5. The van der Waals surface area contributed by atoms with Crippen LogP contribution in [0.25, 0.3) is 0 Å². The number of carbonyl (C=O) groups is 1. The summed E-state index contributed by atoms with van der Waals surface area (Å²) in [4.78, 5) is 13.3. The summed E-state index contributed by atoms with van der Waals surface area (Å²) < 4.78 is 32.9. The molecule has 0 aliphatic heterocycles. The molecule has 0 unspecified atom stereocenters. The number of anilines is 1. The lowest BCUT2D eigenvalue weighted by Gasteiger charge is -2.10. The summed E-state index contributed by atoms with van der Waals surface area (Å²) in [5, 5.41) is 2.77. The fourth-order valence-electron chi connectivity index (χ4n) is 2.62. The van der Waals surface area contributed by atoms with Crippen molar-refractivity contribution in [1.29, 1.82) is 0 Å². The lowest BCUT2D eigenvalue weighted by atomic mass is 10.2. The number of carbonyl (C=O) groups excluding carboxylic acids is 1. The van der Waals surface area contributed by atoms with E-state index in [0.717, 1.165) is 10.5 Å². The van der Waals surface area contributed by atoms with Crippen LogP contribution in [0.1, 0.15) is 5.56 Å². The van der Waals surface area contributed by atoms with Gasteiger partial charge >= 0.3 is 0 Å². The van der Waals surface area contributed by atoms with Gasteiger partial charge < -0.3 is 10.1 Å². The van der Waals surface area contributed by atoms with Gasteiger partial charge in [-0.3, -0.25) is 4.79 Å². The zero-order valence-corrected chi connectivity index (χ0v) is 18.0. The van der Waals surface area contributed by atoms with Gasteiger partial charge in [0.25, 0.3) is 5.91 Å². The number of amides is 1. The van der Waals surface area contributed by atoms with Crippen LogP contribution in [0.4, 0.5) is 5.69 Å². The van der Waals surface area contributed by atoms with Crippen LogP contribution < -0.4 is 14.8 Å². The van der Waals surface area contributed by atoms with E-state index in [2.05, 4.69) is 10.0 Å². The second kappa shape index (κ2) is 10.3. The molecular weight excluding hydrogens is 420 g/mol. The van der Waals surface area contributed by atoms with E-state index in [9.17, 15) is 13.2 Å². The zero-order chi connectivity index (χ0) is 21.4. The highest BCUT2D eigenvalue weighted by atomic mass is 32.2. The minimum atomic E-state index is -3.64. The first-order valence-corrected chi connectivity index (χ1v) is 11.9. The quantitative estimate of drug-likeness (QED) is 0.491. The molecule has 156 valence electrons. The van der Waals surface area contributed by atoms with E-state index >= 15 is 0 Å². The van der Waals surface area contributed by atoms with Crippen molar-refractivity contribution < 1.29 is 17.9 Å². The summed E-state index contributed by atoms with van der Waals surface area (Å²) in [7, 11) is -3.64. The Labute approximate surface area is 180 Å². The minimum Gasteiger partial charge on any atom is -0.484 e. The second-order valence-electron chi connectivity index (χ2n) is 6.35. The molecule has 30 heavy (non-hydrogen) atoms. The third-order valence-corrected chi connectivity index (χ3v) is 6.31. The van der Waals surface area contributed by atoms with Gasteiger partial charge in [-0.05, 0) is 54.3 Å². The smallest absolute Gasteiger partial charge is 0.262 e. The molecule has 0 saturated carbocycles. The lowest BCUT2D eigenvalue weighted by molar-refractivity contribution is -0.118. The van der Waals surface area contributed by atoms with E-state index in [-0.39, 0.29) is 24.0 Å². The second-order valence-corrected chi connectivity index (χ2v) is 9.00. The number of rotatable bonds is 9. The first kappa shape index (κ1) is 21.9. The first-order valence-electron chi connectivity index (χ1n) is 9.16. The van der Waals surface area contributed by atoms with Gasteiger partial charge in [-0.2, -0.15) is 0 Å². The van der Waals surface area contributed by atoms with Crippen molar-refractivity contribution in [2.24, 2.45) is 0 Å². The van der Waals surface area contributed by atoms with Gasteiger partial charge in [-0.1, -0.05) is 36.4 Å². The average Bonchev–Trinajstić information content (AvgIpc) is 2.77. The third-order valence-electron chi connectivity index (χ3n) is 4.17. The van der Waals surface area contributed by atoms with Crippen LogP contribution in [0.2, 0.25) is 0 Å². The van der Waals surface area contributed by atoms with E-state index in [1.807, 2.05) is 54.8 Å². The predicted octanol–water partition coefficient (Wildman–Crippen LogP) is 3.90. The Hall–Kier alpha value is -2.81. The van der Waals surface area contributed by atoms with Crippen molar-refractivity contribution in [1.82, 2.24) is 4.72 Å².